The van der Waals surface area contributed by atoms with Crippen molar-refractivity contribution in [3.63, 3.8) is 0 Å². The zero-order chi connectivity index (χ0) is 6.57. The van der Waals surface area contributed by atoms with Gasteiger partial charge in [0.1, 0.15) is 5.44 Å². The molecule has 0 aromatic carbocycles. The maximum atomic E-state index is 8.75. The van der Waals surface area contributed by atoms with Crippen LogP contribution in [-0.2, 0) is 0 Å². The van der Waals surface area contributed by atoms with Crippen molar-refractivity contribution >= 4 is 25.3 Å². The van der Waals surface area contributed by atoms with Crippen LogP contribution in [0.2, 0.25) is 0 Å². The van der Waals surface area contributed by atoms with E-state index < -0.39 is 11.5 Å². The van der Waals surface area contributed by atoms with Gasteiger partial charge in [0.25, 0.3) is 0 Å². The summed E-state index contributed by atoms with van der Waals surface area (Å²) in [6.45, 7) is 0. The number of hydrogen-bond acceptors (Lipinski definition) is 4. The van der Waals surface area contributed by atoms with Crippen LogP contribution in [0.1, 0.15) is 6.42 Å². The van der Waals surface area contributed by atoms with Crippen molar-refractivity contribution in [2.24, 2.45) is 0 Å². The fourth-order valence-electron chi connectivity index (χ4n) is 0.281. The number of aliphatic hydroxyl groups excluding tert-OH is 2. The van der Waals surface area contributed by atoms with Gasteiger partial charge in [-0.05, 0) is 12.2 Å². The van der Waals surface area contributed by atoms with E-state index in [2.05, 4.69) is 25.3 Å². The summed E-state index contributed by atoms with van der Waals surface area (Å²) in [6.07, 6.45) is -0.260. The fourth-order valence-corrected chi connectivity index (χ4v) is 0.695. The summed E-state index contributed by atoms with van der Waals surface area (Å²) in [4.78, 5) is 0. The molecule has 0 fully saturated rings. The second-order valence-electron chi connectivity index (χ2n) is 1.49. The molecule has 8 heavy (non-hydrogen) atoms. The van der Waals surface area contributed by atoms with E-state index in [0.29, 0.717) is 12.2 Å². The van der Waals surface area contributed by atoms with Crippen molar-refractivity contribution in [3.8, 4) is 0 Å². The highest BCUT2D eigenvalue weighted by atomic mass is 32.1. The number of aliphatic hydroxyl groups is 2. The highest BCUT2D eigenvalue weighted by Gasteiger charge is 2.08. The molecule has 0 saturated heterocycles. The zero-order valence-electron chi connectivity index (χ0n) is 4.36. The van der Waals surface area contributed by atoms with Crippen LogP contribution < -0.4 is 0 Å². The monoisotopic (exact) mass is 154 g/mol. The van der Waals surface area contributed by atoms with E-state index in [9.17, 15) is 0 Å². The predicted octanol–water partition coefficient (Wildman–Crippen LogP) is -0.0846. The van der Waals surface area contributed by atoms with Crippen molar-refractivity contribution in [2.75, 3.05) is 5.75 Å². The molecular formula is C4H10O2S2. The second-order valence-corrected chi connectivity index (χ2v) is 2.47. The predicted molar refractivity (Wildman–Crippen MR) is 39.5 cm³/mol. The molecule has 50 valence electrons. The molecule has 2 unspecified atom stereocenters. The highest BCUT2D eigenvalue weighted by Crippen LogP contribution is 2.02. The fraction of sp³-hybridized carbons (Fsp3) is 1.00. The average Bonchev–Trinajstić information content (AvgIpc) is 1.67. The van der Waals surface area contributed by atoms with Gasteiger partial charge in [0.15, 0.2) is 0 Å². The summed E-state index contributed by atoms with van der Waals surface area (Å²) < 4.78 is 0. The molecule has 0 spiro atoms. The molecule has 0 radical (unpaired) electrons. The molecule has 0 heterocycles. The minimum Gasteiger partial charge on any atom is -0.389 e. The van der Waals surface area contributed by atoms with E-state index in [1.54, 1.807) is 0 Å². The summed E-state index contributed by atoms with van der Waals surface area (Å²) in [5, 5.41) is 17.3. The largest absolute Gasteiger partial charge is 0.389 e. The molecular weight excluding hydrogens is 144 g/mol. The first kappa shape index (κ1) is 8.62. The summed E-state index contributed by atoms with van der Waals surface area (Å²) in [7, 11) is 0. The molecule has 0 saturated carbocycles. The Labute approximate surface area is 59.7 Å². The molecule has 0 aromatic heterocycles. The molecule has 0 aromatic rings. The summed E-state index contributed by atoms with van der Waals surface area (Å²) >= 11 is 7.45. The van der Waals surface area contributed by atoms with Crippen LogP contribution in [0.4, 0.5) is 0 Å². The van der Waals surface area contributed by atoms with Gasteiger partial charge in [-0.2, -0.15) is 12.6 Å². The lowest BCUT2D eigenvalue weighted by Crippen LogP contribution is -2.20. The van der Waals surface area contributed by atoms with Crippen LogP contribution >= 0.6 is 25.3 Å². The van der Waals surface area contributed by atoms with Gasteiger partial charge in [0, 0.05) is 0 Å². The van der Waals surface area contributed by atoms with Crippen molar-refractivity contribution in [1.82, 2.24) is 0 Å². The quantitative estimate of drug-likeness (QED) is 0.339. The Morgan fingerprint density at radius 1 is 1.38 bits per heavy atom. The van der Waals surface area contributed by atoms with Crippen LogP contribution in [0.3, 0.4) is 0 Å². The van der Waals surface area contributed by atoms with E-state index in [4.69, 9.17) is 10.2 Å². The summed E-state index contributed by atoms with van der Waals surface area (Å²) in [5.41, 5.74) is -0.929. The van der Waals surface area contributed by atoms with E-state index in [1.165, 1.54) is 0 Å². The van der Waals surface area contributed by atoms with Crippen molar-refractivity contribution < 1.29 is 10.2 Å². The van der Waals surface area contributed by atoms with Crippen LogP contribution in [0.15, 0.2) is 0 Å². The number of rotatable bonds is 3. The highest BCUT2D eigenvalue weighted by molar-refractivity contribution is 7.80. The summed E-state index contributed by atoms with van der Waals surface area (Å²) in [5.74, 6) is 0.568. The van der Waals surface area contributed by atoms with Gasteiger partial charge >= 0.3 is 0 Å². The Bertz CT molecular complexity index is 58.0. The number of thiol groups is 2. The third kappa shape index (κ3) is 3.60. The van der Waals surface area contributed by atoms with Crippen LogP contribution in [0.5, 0.6) is 0 Å². The van der Waals surface area contributed by atoms with Crippen LogP contribution in [-0.4, -0.2) is 27.5 Å². The van der Waals surface area contributed by atoms with E-state index in [-0.39, 0.29) is 0 Å². The Morgan fingerprint density at radius 2 is 1.88 bits per heavy atom. The minimum absolute atomic E-state index is 0.480. The van der Waals surface area contributed by atoms with E-state index in [1.807, 2.05) is 0 Å². The lowest BCUT2D eigenvalue weighted by molar-refractivity contribution is 0.0729. The first-order chi connectivity index (χ1) is 3.68. The second kappa shape index (κ2) is 4.49. The molecule has 2 nitrogen and oxygen atoms in total. The first-order valence-electron chi connectivity index (χ1n) is 2.33. The SMILES string of the molecule is OC(S)C(O)CCS. The average molecular weight is 154 g/mol. The zero-order valence-corrected chi connectivity index (χ0v) is 6.15. The maximum absolute atomic E-state index is 8.75. The molecule has 0 aliphatic heterocycles. The standard InChI is InChI=1S/C4H10O2S2/c5-3(1-2-7)4(6)8/h3-8H,1-2H2. The molecule has 0 bridgehead atoms. The van der Waals surface area contributed by atoms with Gasteiger partial charge in [-0.25, -0.2) is 0 Å². The Morgan fingerprint density at radius 3 is 2.00 bits per heavy atom. The van der Waals surface area contributed by atoms with Gasteiger partial charge in [-0.15, -0.1) is 12.6 Å². The van der Waals surface area contributed by atoms with Crippen LogP contribution in [0.25, 0.3) is 0 Å². The molecule has 2 atom stereocenters. The Kier molecular flexibility index (Phi) is 4.84. The third-order valence-corrected chi connectivity index (χ3v) is 1.37. The van der Waals surface area contributed by atoms with E-state index >= 15 is 0 Å². The molecule has 0 aliphatic carbocycles. The molecule has 0 rings (SSSR count). The molecule has 4 heteroatoms. The normalized spacial score (nSPS) is 18.0. The van der Waals surface area contributed by atoms with Crippen molar-refractivity contribution in [3.05, 3.63) is 0 Å². The Balaban J connectivity index is 3.17. The summed E-state index contributed by atoms with van der Waals surface area (Å²) in [6, 6.07) is 0. The van der Waals surface area contributed by atoms with E-state index in [0.717, 1.165) is 0 Å². The minimum atomic E-state index is -0.929. The first-order valence-corrected chi connectivity index (χ1v) is 3.48. The molecule has 0 aliphatic rings. The lowest BCUT2D eigenvalue weighted by Gasteiger charge is -2.09. The smallest absolute Gasteiger partial charge is 0.122 e. The number of hydrogen-bond donors (Lipinski definition) is 4. The van der Waals surface area contributed by atoms with Crippen molar-refractivity contribution in [2.45, 2.75) is 18.0 Å². The van der Waals surface area contributed by atoms with Gasteiger partial charge in [0.2, 0.25) is 0 Å². The molecule has 0 amide bonds. The third-order valence-electron chi connectivity index (χ3n) is 0.769. The molecule has 2 N–H and O–H groups in total. The van der Waals surface area contributed by atoms with Gasteiger partial charge in [-0.3, -0.25) is 0 Å². The maximum Gasteiger partial charge on any atom is 0.122 e. The van der Waals surface area contributed by atoms with Gasteiger partial charge < -0.3 is 10.2 Å². The van der Waals surface area contributed by atoms with Crippen LogP contribution in [0, 0.1) is 0 Å². The topological polar surface area (TPSA) is 40.5 Å². The van der Waals surface area contributed by atoms with Crippen molar-refractivity contribution in [1.29, 1.82) is 0 Å². The lowest BCUT2D eigenvalue weighted by atomic mass is 10.3. The Hall–Kier alpha value is 0.620. The van der Waals surface area contributed by atoms with Gasteiger partial charge in [-0.1, -0.05) is 0 Å². The van der Waals surface area contributed by atoms with Gasteiger partial charge in [0.05, 0.1) is 6.10 Å².